The molecule has 0 aliphatic rings. The summed E-state index contributed by atoms with van der Waals surface area (Å²) in [4.78, 5) is 0. The molecule has 2 atom stereocenters. The molecule has 0 bridgehead atoms. The predicted molar refractivity (Wildman–Crippen MR) is 88.0 cm³/mol. The summed E-state index contributed by atoms with van der Waals surface area (Å²) < 4.78 is 11.6. The van der Waals surface area contributed by atoms with Crippen LogP contribution in [0.4, 0.5) is 0 Å². The normalized spacial score (nSPS) is 13.8. The molecular formula is C15H25BrN2O3. The quantitative estimate of drug-likeness (QED) is 0.629. The van der Waals surface area contributed by atoms with Gasteiger partial charge in [0.15, 0.2) is 11.5 Å². The summed E-state index contributed by atoms with van der Waals surface area (Å²) in [5.41, 5.74) is 6.94. The van der Waals surface area contributed by atoms with E-state index in [1.807, 2.05) is 12.1 Å². The molecule has 0 saturated carbocycles. The number of rotatable bonds is 9. The molecule has 1 aromatic carbocycles. The summed E-state index contributed by atoms with van der Waals surface area (Å²) in [7, 11) is 3.22. The van der Waals surface area contributed by atoms with E-state index in [1.165, 1.54) is 0 Å². The second-order valence-corrected chi connectivity index (χ2v) is 5.66. The lowest BCUT2D eigenvalue weighted by atomic mass is 10.0. The molecule has 0 saturated heterocycles. The molecule has 0 heterocycles. The van der Waals surface area contributed by atoms with Gasteiger partial charge in [0.25, 0.3) is 0 Å². The molecule has 0 spiro atoms. The Kier molecular flexibility index (Phi) is 8.03. The molecule has 0 aliphatic heterocycles. The van der Waals surface area contributed by atoms with Gasteiger partial charge in [-0.15, -0.1) is 0 Å². The lowest BCUT2D eigenvalue weighted by Gasteiger charge is -2.25. The number of hydrogen-bond donors (Lipinski definition) is 3. The van der Waals surface area contributed by atoms with Crippen LogP contribution in [-0.2, 0) is 0 Å². The van der Waals surface area contributed by atoms with Crippen LogP contribution in [0, 0.1) is 0 Å². The second kappa shape index (κ2) is 9.25. The van der Waals surface area contributed by atoms with E-state index in [0.717, 1.165) is 16.5 Å². The van der Waals surface area contributed by atoms with Crippen molar-refractivity contribution in [3.8, 4) is 11.5 Å². The Morgan fingerprint density at radius 2 is 1.90 bits per heavy atom. The summed E-state index contributed by atoms with van der Waals surface area (Å²) in [6.45, 7) is 2.70. The number of nitrogens with two attached hydrogens (primary N) is 1. The number of aliphatic hydroxyl groups excluding tert-OH is 1. The summed E-state index contributed by atoms with van der Waals surface area (Å²) in [6, 6.07) is 4.02. The topological polar surface area (TPSA) is 76.7 Å². The van der Waals surface area contributed by atoms with Gasteiger partial charge in [-0.1, -0.05) is 22.9 Å². The first-order valence-electron chi connectivity index (χ1n) is 7.09. The second-order valence-electron chi connectivity index (χ2n) is 4.80. The monoisotopic (exact) mass is 360 g/mol. The first-order chi connectivity index (χ1) is 10.1. The fourth-order valence-electron chi connectivity index (χ4n) is 2.27. The molecule has 1 rings (SSSR count). The Morgan fingerprint density at radius 3 is 2.38 bits per heavy atom. The van der Waals surface area contributed by atoms with E-state index in [-0.39, 0.29) is 18.7 Å². The lowest BCUT2D eigenvalue weighted by Crippen LogP contribution is -2.37. The minimum absolute atomic E-state index is 0.0179. The maximum atomic E-state index is 9.11. The summed E-state index contributed by atoms with van der Waals surface area (Å²) in [5, 5.41) is 12.6. The van der Waals surface area contributed by atoms with Gasteiger partial charge in [-0.25, -0.2) is 0 Å². The fraction of sp³-hybridized carbons (Fsp3) is 0.600. The molecule has 0 radical (unpaired) electrons. The first kappa shape index (κ1) is 18.2. The van der Waals surface area contributed by atoms with Crippen LogP contribution in [-0.4, -0.2) is 38.5 Å². The third kappa shape index (κ3) is 4.85. The highest BCUT2D eigenvalue weighted by Crippen LogP contribution is 2.36. The van der Waals surface area contributed by atoms with Crippen molar-refractivity contribution in [1.82, 2.24) is 5.32 Å². The smallest absolute Gasteiger partial charge is 0.161 e. The molecule has 5 nitrogen and oxygen atoms in total. The zero-order valence-electron chi connectivity index (χ0n) is 12.9. The van der Waals surface area contributed by atoms with Crippen LogP contribution in [0.2, 0.25) is 0 Å². The number of benzene rings is 1. The van der Waals surface area contributed by atoms with Crippen LogP contribution in [0.5, 0.6) is 11.5 Å². The predicted octanol–water partition coefficient (Wildman–Crippen LogP) is 2.22. The number of nitrogens with one attached hydrogen (secondary N) is 1. The summed E-state index contributed by atoms with van der Waals surface area (Å²) in [5.74, 6) is 1.34. The van der Waals surface area contributed by atoms with Gasteiger partial charge in [0.1, 0.15) is 0 Å². The molecular weight excluding hydrogens is 336 g/mol. The van der Waals surface area contributed by atoms with Crippen LogP contribution in [0.15, 0.2) is 16.6 Å². The molecule has 6 heteroatoms. The van der Waals surface area contributed by atoms with Gasteiger partial charge < -0.3 is 25.6 Å². The van der Waals surface area contributed by atoms with Gasteiger partial charge in [-0.05, 0) is 30.5 Å². The van der Waals surface area contributed by atoms with Crippen molar-refractivity contribution in [3.05, 3.63) is 22.2 Å². The van der Waals surface area contributed by atoms with E-state index in [9.17, 15) is 0 Å². The van der Waals surface area contributed by atoms with E-state index >= 15 is 0 Å². The van der Waals surface area contributed by atoms with Gasteiger partial charge in [0.2, 0.25) is 0 Å². The standard InChI is InChI=1S/C15H25BrN2O3/c1-4-10(5-6-19)18-13(9-17)11-7-14(20-2)15(21-3)8-12(11)16/h7-8,10,13,18-19H,4-6,9,17H2,1-3H3. The van der Waals surface area contributed by atoms with Gasteiger partial charge in [0, 0.05) is 29.7 Å². The van der Waals surface area contributed by atoms with E-state index in [0.29, 0.717) is 24.5 Å². The molecule has 21 heavy (non-hydrogen) atoms. The molecule has 2 unspecified atom stereocenters. The molecule has 0 aliphatic carbocycles. The van der Waals surface area contributed by atoms with Crippen molar-refractivity contribution in [1.29, 1.82) is 0 Å². The number of ether oxygens (including phenoxy) is 2. The molecule has 0 fully saturated rings. The maximum Gasteiger partial charge on any atom is 0.161 e. The highest BCUT2D eigenvalue weighted by Gasteiger charge is 2.19. The minimum Gasteiger partial charge on any atom is -0.493 e. The molecule has 1 aromatic rings. The Labute approximate surface area is 134 Å². The Morgan fingerprint density at radius 1 is 1.29 bits per heavy atom. The Hall–Kier alpha value is -0.820. The van der Waals surface area contributed by atoms with Crippen molar-refractivity contribution in [2.45, 2.75) is 31.8 Å². The summed E-state index contributed by atoms with van der Waals surface area (Å²) >= 11 is 3.56. The largest absolute Gasteiger partial charge is 0.493 e. The maximum absolute atomic E-state index is 9.11. The van der Waals surface area contributed by atoms with E-state index in [1.54, 1.807) is 14.2 Å². The first-order valence-corrected chi connectivity index (χ1v) is 7.88. The third-order valence-corrected chi connectivity index (χ3v) is 4.21. The minimum atomic E-state index is -0.0179. The van der Waals surface area contributed by atoms with E-state index in [2.05, 4.69) is 28.2 Å². The van der Waals surface area contributed by atoms with Crippen LogP contribution in [0.25, 0.3) is 0 Å². The number of halogens is 1. The Balaban J connectivity index is 3.04. The number of methoxy groups -OCH3 is 2. The molecule has 0 amide bonds. The number of aliphatic hydroxyl groups is 1. The van der Waals surface area contributed by atoms with E-state index < -0.39 is 0 Å². The van der Waals surface area contributed by atoms with Gasteiger partial charge in [-0.2, -0.15) is 0 Å². The van der Waals surface area contributed by atoms with Crippen LogP contribution >= 0.6 is 15.9 Å². The van der Waals surface area contributed by atoms with Gasteiger partial charge in [-0.3, -0.25) is 0 Å². The van der Waals surface area contributed by atoms with Crippen molar-refractivity contribution >= 4 is 15.9 Å². The third-order valence-electron chi connectivity index (χ3n) is 3.52. The van der Waals surface area contributed by atoms with Gasteiger partial charge in [0.05, 0.1) is 14.2 Å². The average Bonchev–Trinajstić information content (AvgIpc) is 2.51. The van der Waals surface area contributed by atoms with Crippen molar-refractivity contribution in [3.63, 3.8) is 0 Å². The fourth-order valence-corrected chi connectivity index (χ4v) is 2.87. The van der Waals surface area contributed by atoms with Crippen molar-refractivity contribution in [2.75, 3.05) is 27.4 Å². The molecule has 4 N–H and O–H groups in total. The summed E-state index contributed by atoms with van der Waals surface area (Å²) in [6.07, 6.45) is 1.64. The van der Waals surface area contributed by atoms with Crippen molar-refractivity contribution < 1.29 is 14.6 Å². The number of hydrogen-bond acceptors (Lipinski definition) is 5. The lowest BCUT2D eigenvalue weighted by molar-refractivity contribution is 0.255. The average molecular weight is 361 g/mol. The highest BCUT2D eigenvalue weighted by atomic mass is 79.9. The van der Waals surface area contributed by atoms with Crippen LogP contribution in [0.3, 0.4) is 0 Å². The van der Waals surface area contributed by atoms with Crippen LogP contribution < -0.4 is 20.5 Å². The van der Waals surface area contributed by atoms with E-state index in [4.69, 9.17) is 20.3 Å². The zero-order chi connectivity index (χ0) is 15.8. The van der Waals surface area contributed by atoms with Gasteiger partial charge >= 0.3 is 0 Å². The highest BCUT2D eigenvalue weighted by molar-refractivity contribution is 9.10. The molecule has 0 aromatic heterocycles. The molecule has 120 valence electrons. The SMILES string of the molecule is CCC(CCO)NC(CN)c1cc(OC)c(OC)cc1Br. The van der Waals surface area contributed by atoms with Crippen molar-refractivity contribution in [2.24, 2.45) is 5.73 Å². The zero-order valence-corrected chi connectivity index (χ0v) is 14.4. The Bertz CT molecular complexity index is 443. The van der Waals surface area contributed by atoms with Crippen LogP contribution in [0.1, 0.15) is 31.4 Å².